The van der Waals surface area contributed by atoms with E-state index in [1.54, 1.807) is 12.3 Å². The Morgan fingerprint density at radius 3 is 2.71 bits per heavy atom. The smallest absolute Gasteiger partial charge is 0.356 e. The molecule has 5 heteroatoms. The van der Waals surface area contributed by atoms with E-state index in [9.17, 15) is 4.79 Å². The number of anilines is 1. The second-order valence-corrected chi connectivity index (χ2v) is 4.18. The SMILES string of the molecule is COC(=O)c1cc(N2CCN(C)CC2)ccn1. The van der Waals surface area contributed by atoms with Crippen molar-refractivity contribution in [1.29, 1.82) is 0 Å². The molecule has 0 N–H and O–H groups in total. The van der Waals surface area contributed by atoms with Gasteiger partial charge in [0.25, 0.3) is 0 Å². The van der Waals surface area contributed by atoms with E-state index in [-0.39, 0.29) is 5.97 Å². The van der Waals surface area contributed by atoms with Gasteiger partial charge >= 0.3 is 5.97 Å². The zero-order chi connectivity index (χ0) is 12.3. The molecule has 0 bridgehead atoms. The predicted octanol–water partition coefficient (Wildman–Crippen LogP) is 0.620. The lowest BCUT2D eigenvalue weighted by Crippen LogP contribution is -2.44. The zero-order valence-corrected chi connectivity index (χ0v) is 10.2. The molecule has 0 spiro atoms. The first-order chi connectivity index (χ1) is 8.20. The fourth-order valence-corrected chi connectivity index (χ4v) is 1.90. The summed E-state index contributed by atoms with van der Waals surface area (Å²) in [6, 6.07) is 3.72. The lowest BCUT2D eigenvalue weighted by Gasteiger charge is -2.34. The van der Waals surface area contributed by atoms with E-state index in [0.717, 1.165) is 31.9 Å². The Balaban J connectivity index is 2.13. The van der Waals surface area contributed by atoms with Crippen LogP contribution in [0.4, 0.5) is 5.69 Å². The molecule has 1 fully saturated rings. The Bertz CT molecular complexity index is 400. The number of likely N-dealkylation sites (N-methyl/N-ethyl adjacent to an activating group) is 1. The number of nitrogens with zero attached hydrogens (tertiary/aromatic N) is 3. The molecule has 1 aliphatic heterocycles. The van der Waals surface area contributed by atoms with Crippen LogP contribution in [-0.2, 0) is 4.74 Å². The second-order valence-electron chi connectivity index (χ2n) is 4.18. The van der Waals surface area contributed by atoms with Gasteiger partial charge < -0.3 is 14.5 Å². The van der Waals surface area contributed by atoms with Crippen LogP contribution in [0.2, 0.25) is 0 Å². The first-order valence-electron chi connectivity index (χ1n) is 5.68. The summed E-state index contributed by atoms with van der Waals surface area (Å²) in [5.41, 5.74) is 1.40. The van der Waals surface area contributed by atoms with Crippen molar-refractivity contribution in [3.8, 4) is 0 Å². The van der Waals surface area contributed by atoms with Gasteiger partial charge in [0.15, 0.2) is 0 Å². The molecule has 0 amide bonds. The van der Waals surface area contributed by atoms with Gasteiger partial charge in [0.05, 0.1) is 7.11 Å². The standard InChI is InChI=1S/C12H17N3O2/c1-14-5-7-15(8-6-14)10-3-4-13-11(9-10)12(16)17-2/h3-4,9H,5-8H2,1-2H3. The van der Waals surface area contributed by atoms with Gasteiger partial charge in [-0.3, -0.25) is 0 Å². The maximum absolute atomic E-state index is 11.4. The summed E-state index contributed by atoms with van der Waals surface area (Å²) in [5, 5.41) is 0. The van der Waals surface area contributed by atoms with Crippen molar-refractivity contribution in [3.63, 3.8) is 0 Å². The van der Waals surface area contributed by atoms with Crippen LogP contribution in [0, 0.1) is 0 Å². The number of esters is 1. The van der Waals surface area contributed by atoms with Gasteiger partial charge in [-0.2, -0.15) is 0 Å². The first-order valence-corrected chi connectivity index (χ1v) is 5.68. The monoisotopic (exact) mass is 235 g/mol. The number of carbonyl (C=O) groups excluding carboxylic acids is 1. The number of ether oxygens (including phenoxy) is 1. The lowest BCUT2D eigenvalue weighted by atomic mass is 10.2. The van der Waals surface area contributed by atoms with E-state index in [0.29, 0.717) is 5.69 Å². The lowest BCUT2D eigenvalue weighted by molar-refractivity contribution is 0.0594. The number of hydrogen-bond acceptors (Lipinski definition) is 5. The van der Waals surface area contributed by atoms with Crippen LogP contribution in [0.25, 0.3) is 0 Å². The van der Waals surface area contributed by atoms with E-state index < -0.39 is 0 Å². The summed E-state index contributed by atoms with van der Waals surface area (Å²) in [4.78, 5) is 19.9. The maximum Gasteiger partial charge on any atom is 0.356 e. The van der Waals surface area contributed by atoms with E-state index in [4.69, 9.17) is 0 Å². The molecule has 92 valence electrons. The van der Waals surface area contributed by atoms with Crippen LogP contribution in [-0.4, -0.2) is 56.2 Å². The van der Waals surface area contributed by atoms with Gasteiger partial charge in [-0.25, -0.2) is 9.78 Å². The summed E-state index contributed by atoms with van der Waals surface area (Å²) in [6.07, 6.45) is 1.65. The molecular formula is C12H17N3O2. The molecule has 17 heavy (non-hydrogen) atoms. The van der Waals surface area contributed by atoms with Gasteiger partial charge in [-0.05, 0) is 19.2 Å². The quantitative estimate of drug-likeness (QED) is 0.703. The van der Waals surface area contributed by atoms with Crippen LogP contribution in [0.15, 0.2) is 18.3 Å². The minimum atomic E-state index is -0.388. The number of carbonyl (C=O) groups is 1. The van der Waals surface area contributed by atoms with Crippen molar-refractivity contribution < 1.29 is 9.53 Å². The molecule has 2 rings (SSSR count). The van der Waals surface area contributed by atoms with Crippen molar-refractivity contribution >= 4 is 11.7 Å². The van der Waals surface area contributed by atoms with Crippen LogP contribution < -0.4 is 4.90 Å². The van der Waals surface area contributed by atoms with Crippen molar-refractivity contribution in [2.45, 2.75) is 0 Å². The van der Waals surface area contributed by atoms with Gasteiger partial charge in [-0.1, -0.05) is 0 Å². The Labute approximate surface area is 101 Å². The summed E-state index contributed by atoms with van der Waals surface area (Å²) in [5.74, 6) is -0.388. The third kappa shape index (κ3) is 2.74. The fourth-order valence-electron chi connectivity index (χ4n) is 1.90. The summed E-state index contributed by atoms with van der Waals surface area (Å²) in [7, 11) is 3.48. The minimum Gasteiger partial charge on any atom is -0.464 e. The van der Waals surface area contributed by atoms with Crippen LogP contribution in [0.3, 0.4) is 0 Å². The zero-order valence-electron chi connectivity index (χ0n) is 10.2. The molecule has 1 aromatic rings. The molecule has 0 saturated carbocycles. The minimum absolute atomic E-state index is 0.365. The van der Waals surface area contributed by atoms with Crippen molar-refractivity contribution in [2.75, 3.05) is 45.2 Å². The number of rotatable bonds is 2. The van der Waals surface area contributed by atoms with E-state index in [2.05, 4.69) is 26.6 Å². The van der Waals surface area contributed by atoms with Crippen molar-refractivity contribution in [2.24, 2.45) is 0 Å². The summed E-state index contributed by atoms with van der Waals surface area (Å²) >= 11 is 0. The molecule has 0 radical (unpaired) electrons. The molecule has 2 heterocycles. The highest BCUT2D eigenvalue weighted by molar-refractivity contribution is 5.88. The number of piperazine rings is 1. The number of pyridine rings is 1. The summed E-state index contributed by atoms with van der Waals surface area (Å²) in [6.45, 7) is 4.02. The molecule has 0 aliphatic carbocycles. The third-order valence-electron chi connectivity index (χ3n) is 3.01. The third-order valence-corrected chi connectivity index (χ3v) is 3.01. The van der Waals surface area contributed by atoms with Crippen molar-refractivity contribution in [1.82, 2.24) is 9.88 Å². The van der Waals surface area contributed by atoms with Crippen LogP contribution in [0.5, 0.6) is 0 Å². The summed E-state index contributed by atoms with van der Waals surface area (Å²) < 4.78 is 4.67. The Hall–Kier alpha value is -1.62. The van der Waals surface area contributed by atoms with E-state index in [1.165, 1.54) is 7.11 Å². The van der Waals surface area contributed by atoms with Gasteiger partial charge in [0.1, 0.15) is 5.69 Å². The van der Waals surface area contributed by atoms with E-state index >= 15 is 0 Å². The topological polar surface area (TPSA) is 45.7 Å². The highest BCUT2D eigenvalue weighted by Crippen LogP contribution is 2.16. The van der Waals surface area contributed by atoms with Gasteiger partial charge in [0, 0.05) is 38.1 Å². The highest BCUT2D eigenvalue weighted by atomic mass is 16.5. The Morgan fingerprint density at radius 2 is 2.06 bits per heavy atom. The Morgan fingerprint density at radius 1 is 1.35 bits per heavy atom. The Kier molecular flexibility index (Phi) is 3.58. The molecule has 0 atom stereocenters. The molecule has 0 unspecified atom stereocenters. The van der Waals surface area contributed by atoms with Gasteiger partial charge in [0.2, 0.25) is 0 Å². The van der Waals surface area contributed by atoms with E-state index in [1.807, 2.05) is 6.07 Å². The van der Waals surface area contributed by atoms with Crippen LogP contribution in [0.1, 0.15) is 10.5 Å². The normalized spacial score (nSPS) is 16.9. The second kappa shape index (κ2) is 5.14. The molecule has 1 saturated heterocycles. The molecule has 1 aromatic heterocycles. The largest absolute Gasteiger partial charge is 0.464 e. The molecular weight excluding hydrogens is 218 g/mol. The number of hydrogen-bond donors (Lipinski definition) is 0. The molecule has 1 aliphatic rings. The van der Waals surface area contributed by atoms with Crippen LogP contribution >= 0.6 is 0 Å². The maximum atomic E-state index is 11.4. The molecule has 0 aromatic carbocycles. The highest BCUT2D eigenvalue weighted by Gasteiger charge is 2.16. The fraction of sp³-hybridized carbons (Fsp3) is 0.500. The number of methoxy groups -OCH3 is 1. The number of aromatic nitrogens is 1. The predicted molar refractivity (Wildman–Crippen MR) is 65.3 cm³/mol. The first kappa shape index (κ1) is 11.9. The van der Waals surface area contributed by atoms with Gasteiger partial charge in [-0.15, -0.1) is 0 Å². The average molecular weight is 235 g/mol. The molecule has 5 nitrogen and oxygen atoms in total. The van der Waals surface area contributed by atoms with Crippen molar-refractivity contribution in [3.05, 3.63) is 24.0 Å². The average Bonchev–Trinajstić information content (AvgIpc) is 2.39.